The fraction of sp³-hybridized carbons (Fsp3) is 0.150. The highest BCUT2D eigenvalue weighted by Gasteiger charge is 2.31. The molecule has 0 aliphatic heterocycles. The molecule has 0 saturated heterocycles. The molecule has 144 valence electrons. The second-order valence-electron chi connectivity index (χ2n) is 6.22. The number of amides is 2. The number of primary amides is 1. The van der Waals surface area contributed by atoms with Gasteiger partial charge in [-0.25, -0.2) is 4.98 Å². The molecular formula is C20H16F3N3O2. The summed E-state index contributed by atoms with van der Waals surface area (Å²) in [6.45, 7) is 0. The molecule has 1 atom stereocenters. The number of carbonyl (C=O) groups excluding carboxylic acids is 2. The Morgan fingerprint density at radius 3 is 2.50 bits per heavy atom. The summed E-state index contributed by atoms with van der Waals surface area (Å²) in [6, 6.07) is 13.8. The minimum atomic E-state index is -4.50. The fourth-order valence-corrected chi connectivity index (χ4v) is 2.76. The second kappa shape index (κ2) is 7.67. The van der Waals surface area contributed by atoms with Crippen molar-refractivity contribution in [3.63, 3.8) is 0 Å². The van der Waals surface area contributed by atoms with E-state index in [9.17, 15) is 22.8 Å². The quantitative estimate of drug-likeness (QED) is 0.706. The zero-order valence-corrected chi connectivity index (χ0v) is 14.5. The van der Waals surface area contributed by atoms with Crippen LogP contribution < -0.4 is 11.1 Å². The van der Waals surface area contributed by atoms with Gasteiger partial charge in [0.15, 0.2) is 0 Å². The summed E-state index contributed by atoms with van der Waals surface area (Å²) in [5.41, 5.74) is 5.40. The zero-order chi connectivity index (χ0) is 20.3. The first-order valence-corrected chi connectivity index (χ1v) is 8.36. The molecule has 0 unspecified atom stereocenters. The number of carbonyl (C=O) groups is 2. The SMILES string of the molecule is NC(=O)[C@H](Cc1cccc(C(F)(F)F)c1)NC(=O)c1ccc2ccccc2n1. The lowest BCUT2D eigenvalue weighted by Gasteiger charge is -2.16. The van der Waals surface area contributed by atoms with E-state index in [0.29, 0.717) is 5.52 Å². The Labute approximate surface area is 158 Å². The third-order valence-electron chi connectivity index (χ3n) is 4.17. The first kappa shape index (κ1) is 19.3. The Hall–Kier alpha value is -3.42. The number of nitrogens with one attached hydrogen (secondary N) is 1. The van der Waals surface area contributed by atoms with Gasteiger partial charge in [0.05, 0.1) is 11.1 Å². The molecule has 0 bridgehead atoms. The van der Waals surface area contributed by atoms with Crippen molar-refractivity contribution in [1.82, 2.24) is 10.3 Å². The lowest BCUT2D eigenvalue weighted by Crippen LogP contribution is -2.46. The van der Waals surface area contributed by atoms with E-state index in [1.165, 1.54) is 18.2 Å². The highest BCUT2D eigenvalue weighted by atomic mass is 19.4. The molecule has 1 heterocycles. The smallest absolute Gasteiger partial charge is 0.368 e. The Kier molecular flexibility index (Phi) is 5.30. The van der Waals surface area contributed by atoms with E-state index in [1.807, 2.05) is 12.1 Å². The van der Waals surface area contributed by atoms with Gasteiger partial charge in [-0.15, -0.1) is 0 Å². The van der Waals surface area contributed by atoms with Crippen LogP contribution in [0.1, 0.15) is 21.6 Å². The third-order valence-corrected chi connectivity index (χ3v) is 4.17. The molecule has 5 nitrogen and oxygen atoms in total. The van der Waals surface area contributed by atoms with Gasteiger partial charge in [0.1, 0.15) is 11.7 Å². The van der Waals surface area contributed by atoms with Crippen molar-refractivity contribution in [2.75, 3.05) is 0 Å². The molecule has 1 aromatic heterocycles. The molecule has 3 rings (SSSR count). The standard InChI is InChI=1S/C20H16F3N3O2/c21-20(22,23)14-6-3-4-12(10-14)11-17(18(24)27)26-19(28)16-9-8-13-5-1-2-7-15(13)25-16/h1-10,17H,11H2,(H2,24,27)(H,26,28)/t17-/m0/s1. The number of rotatable bonds is 5. The summed E-state index contributed by atoms with van der Waals surface area (Å²) in [5.74, 6) is -1.49. The van der Waals surface area contributed by atoms with E-state index in [2.05, 4.69) is 10.3 Å². The maximum atomic E-state index is 12.9. The molecule has 0 fully saturated rings. The molecule has 0 radical (unpaired) electrons. The lowest BCUT2D eigenvalue weighted by atomic mass is 10.0. The van der Waals surface area contributed by atoms with Gasteiger partial charge in [-0.05, 0) is 23.8 Å². The number of fused-ring (bicyclic) bond motifs is 1. The topological polar surface area (TPSA) is 85.1 Å². The monoisotopic (exact) mass is 387 g/mol. The average molecular weight is 387 g/mol. The van der Waals surface area contributed by atoms with Gasteiger partial charge in [0, 0.05) is 11.8 Å². The summed E-state index contributed by atoms with van der Waals surface area (Å²) in [7, 11) is 0. The van der Waals surface area contributed by atoms with Gasteiger partial charge in [-0.2, -0.15) is 13.2 Å². The predicted octanol–water partition coefficient (Wildman–Crippen LogP) is 3.08. The first-order valence-electron chi connectivity index (χ1n) is 8.36. The van der Waals surface area contributed by atoms with Gasteiger partial charge < -0.3 is 11.1 Å². The molecule has 0 aliphatic rings. The largest absolute Gasteiger partial charge is 0.416 e. The van der Waals surface area contributed by atoms with Gasteiger partial charge in [-0.3, -0.25) is 9.59 Å². The summed E-state index contributed by atoms with van der Waals surface area (Å²) in [5, 5.41) is 3.29. The van der Waals surface area contributed by atoms with E-state index in [0.717, 1.165) is 17.5 Å². The van der Waals surface area contributed by atoms with Crippen LogP contribution in [0, 0.1) is 0 Å². The zero-order valence-electron chi connectivity index (χ0n) is 14.5. The van der Waals surface area contributed by atoms with Crippen molar-refractivity contribution in [2.45, 2.75) is 18.6 Å². The van der Waals surface area contributed by atoms with Crippen LogP contribution in [0.3, 0.4) is 0 Å². The molecular weight excluding hydrogens is 371 g/mol. The molecule has 0 saturated carbocycles. The number of nitrogens with two attached hydrogens (primary N) is 1. The number of halogens is 3. The Bertz CT molecular complexity index is 1030. The highest BCUT2D eigenvalue weighted by molar-refractivity contribution is 5.97. The van der Waals surface area contributed by atoms with Crippen molar-refractivity contribution in [2.24, 2.45) is 5.73 Å². The molecule has 0 aliphatic carbocycles. The fourth-order valence-electron chi connectivity index (χ4n) is 2.76. The van der Waals surface area contributed by atoms with E-state index >= 15 is 0 Å². The number of hydrogen-bond acceptors (Lipinski definition) is 3. The van der Waals surface area contributed by atoms with Crippen molar-refractivity contribution in [3.8, 4) is 0 Å². The number of alkyl halides is 3. The molecule has 2 amide bonds. The van der Waals surface area contributed by atoms with E-state index in [4.69, 9.17) is 5.73 Å². The molecule has 8 heteroatoms. The molecule has 0 spiro atoms. The summed E-state index contributed by atoms with van der Waals surface area (Å²) in [4.78, 5) is 28.4. The van der Waals surface area contributed by atoms with Crippen LogP contribution in [0.4, 0.5) is 13.2 Å². The number of hydrogen-bond donors (Lipinski definition) is 2. The van der Waals surface area contributed by atoms with Crippen LogP contribution in [-0.2, 0) is 17.4 Å². The van der Waals surface area contributed by atoms with E-state index < -0.39 is 29.6 Å². The Morgan fingerprint density at radius 2 is 1.79 bits per heavy atom. The molecule has 3 N–H and O–H groups in total. The van der Waals surface area contributed by atoms with Gasteiger partial charge in [0.25, 0.3) is 5.91 Å². The van der Waals surface area contributed by atoms with Crippen molar-refractivity contribution in [1.29, 1.82) is 0 Å². The molecule has 2 aromatic carbocycles. The van der Waals surface area contributed by atoms with Gasteiger partial charge in [-0.1, -0.05) is 42.5 Å². The van der Waals surface area contributed by atoms with Crippen LogP contribution in [0.2, 0.25) is 0 Å². The molecule has 28 heavy (non-hydrogen) atoms. The molecule has 3 aromatic rings. The predicted molar refractivity (Wildman–Crippen MR) is 97.3 cm³/mol. The normalized spacial score (nSPS) is 12.5. The maximum absolute atomic E-state index is 12.9. The maximum Gasteiger partial charge on any atom is 0.416 e. The number of para-hydroxylation sites is 1. The van der Waals surface area contributed by atoms with E-state index in [-0.39, 0.29) is 17.7 Å². The summed E-state index contributed by atoms with van der Waals surface area (Å²) < 4.78 is 38.6. The number of benzene rings is 2. The van der Waals surface area contributed by atoms with Crippen molar-refractivity contribution < 1.29 is 22.8 Å². The van der Waals surface area contributed by atoms with Crippen molar-refractivity contribution in [3.05, 3.63) is 77.5 Å². The highest BCUT2D eigenvalue weighted by Crippen LogP contribution is 2.29. The third kappa shape index (κ3) is 4.46. The second-order valence-corrected chi connectivity index (χ2v) is 6.22. The summed E-state index contributed by atoms with van der Waals surface area (Å²) in [6.07, 6.45) is -4.67. The average Bonchev–Trinajstić information content (AvgIpc) is 2.66. The van der Waals surface area contributed by atoms with Gasteiger partial charge in [0.2, 0.25) is 5.91 Å². The van der Waals surface area contributed by atoms with E-state index in [1.54, 1.807) is 18.2 Å². The van der Waals surface area contributed by atoms with Crippen LogP contribution in [0.5, 0.6) is 0 Å². The first-order chi connectivity index (χ1) is 13.2. The van der Waals surface area contributed by atoms with Crippen LogP contribution >= 0.6 is 0 Å². The van der Waals surface area contributed by atoms with Crippen molar-refractivity contribution >= 4 is 22.7 Å². The Morgan fingerprint density at radius 1 is 1.04 bits per heavy atom. The van der Waals surface area contributed by atoms with Gasteiger partial charge >= 0.3 is 6.18 Å². The van der Waals surface area contributed by atoms with Crippen LogP contribution in [-0.4, -0.2) is 22.8 Å². The minimum Gasteiger partial charge on any atom is -0.368 e. The summed E-state index contributed by atoms with van der Waals surface area (Å²) >= 11 is 0. The number of nitrogens with zero attached hydrogens (tertiary/aromatic N) is 1. The Balaban J connectivity index is 1.79. The minimum absolute atomic E-state index is 0.0778. The lowest BCUT2D eigenvalue weighted by molar-refractivity contribution is -0.137. The van der Waals surface area contributed by atoms with Crippen LogP contribution in [0.25, 0.3) is 10.9 Å². The van der Waals surface area contributed by atoms with Crippen LogP contribution in [0.15, 0.2) is 60.7 Å². The number of aromatic nitrogens is 1. The number of pyridine rings is 1.